The summed E-state index contributed by atoms with van der Waals surface area (Å²) in [7, 11) is 0. The minimum absolute atomic E-state index is 0.131. The number of nitrogens with one attached hydrogen (secondary N) is 1. The van der Waals surface area contributed by atoms with Gasteiger partial charge >= 0.3 is 0 Å². The van der Waals surface area contributed by atoms with Crippen molar-refractivity contribution in [2.45, 2.75) is 52.5 Å². The first kappa shape index (κ1) is 13.7. The molecule has 4 nitrogen and oxygen atoms in total. The van der Waals surface area contributed by atoms with Gasteiger partial charge in [-0.2, -0.15) is 5.10 Å². The van der Waals surface area contributed by atoms with Crippen molar-refractivity contribution >= 4 is 5.91 Å². The van der Waals surface area contributed by atoms with E-state index in [9.17, 15) is 4.79 Å². The van der Waals surface area contributed by atoms with E-state index >= 15 is 0 Å². The van der Waals surface area contributed by atoms with Gasteiger partial charge in [0.15, 0.2) is 0 Å². The van der Waals surface area contributed by atoms with E-state index in [4.69, 9.17) is 0 Å². The number of aryl methyl sites for hydroxylation is 1. The Bertz CT molecular complexity index is 344. The summed E-state index contributed by atoms with van der Waals surface area (Å²) in [5.41, 5.74) is 1.28. The normalized spacial score (nSPS) is 10.8. The molecule has 96 valence electrons. The summed E-state index contributed by atoms with van der Waals surface area (Å²) in [6.45, 7) is 7.90. The van der Waals surface area contributed by atoms with E-state index in [1.165, 1.54) is 5.56 Å². The lowest BCUT2D eigenvalue weighted by Crippen LogP contribution is -2.23. The number of carbonyl (C=O) groups is 1. The average Bonchev–Trinajstić information content (AvgIpc) is 2.77. The van der Waals surface area contributed by atoms with Gasteiger partial charge in [-0.05, 0) is 24.3 Å². The first-order valence-electron chi connectivity index (χ1n) is 6.42. The van der Waals surface area contributed by atoms with Gasteiger partial charge in [0, 0.05) is 25.7 Å². The van der Waals surface area contributed by atoms with Crippen molar-refractivity contribution in [1.82, 2.24) is 15.1 Å². The standard InChI is InChI=1S/C13H23N3O/c1-4-13(17)14-7-5-6-8-16-10-12(9-15-16)11(2)3/h9-11H,4-8H2,1-3H3,(H,14,17). The Morgan fingerprint density at radius 1 is 1.47 bits per heavy atom. The van der Waals surface area contributed by atoms with Crippen LogP contribution in [0, 0.1) is 0 Å². The zero-order chi connectivity index (χ0) is 12.7. The Hall–Kier alpha value is -1.32. The lowest BCUT2D eigenvalue weighted by atomic mass is 10.1. The third-order valence-corrected chi connectivity index (χ3v) is 2.78. The van der Waals surface area contributed by atoms with Crippen LogP contribution in [0.25, 0.3) is 0 Å². The third-order valence-electron chi connectivity index (χ3n) is 2.78. The van der Waals surface area contributed by atoms with Crippen LogP contribution < -0.4 is 5.32 Å². The molecule has 1 amide bonds. The van der Waals surface area contributed by atoms with Gasteiger partial charge in [-0.25, -0.2) is 0 Å². The lowest BCUT2D eigenvalue weighted by molar-refractivity contribution is -0.120. The maximum Gasteiger partial charge on any atom is 0.219 e. The number of hydrogen-bond donors (Lipinski definition) is 1. The van der Waals surface area contributed by atoms with E-state index < -0.39 is 0 Å². The van der Waals surface area contributed by atoms with E-state index in [1.807, 2.05) is 17.8 Å². The van der Waals surface area contributed by atoms with Gasteiger partial charge in [0.25, 0.3) is 0 Å². The highest BCUT2D eigenvalue weighted by Crippen LogP contribution is 2.12. The molecule has 1 aromatic heterocycles. The van der Waals surface area contributed by atoms with Crippen LogP contribution in [0.3, 0.4) is 0 Å². The molecule has 0 aliphatic rings. The summed E-state index contributed by atoms with van der Waals surface area (Å²) >= 11 is 0. The Morgan fingerprint density at radius 2 is 2.24 bits per heavy atom. The number of rotatable bonds is 7. The smallest absolute Gasteiger partial charge is 0.219 e. The number of carbonyl (C=O) groups excluding carboxylic acids is 1. The molecular weight excluding hydrogens is 214 g/mol. The predicted octanol–water partition coefficient (Wildman–Crippen LogP) is 2.31. The molecule has 17 heavy (non-hydrogen) atoms. The van der Waals surface area contributed by atoms with Crippen LogP contribution in [0.5, 0.6) is 0 Å². The highest BCUT2D eigenvalue weighted by Gasteiger charge is 2.02. The first-order chi connectivity index (χ1) is 8.13. The molecule has 0 saturated heterocycles. The van der Waals surface area contributed by atoms with Crippen LogP contribution in [0.2, 0.25) is 0 Å². The average molecular weight is 237 g/mol. The highest BCUT2D eigenvalue weighted by molar-refractivity contribution is 5.75. The minimum atomic E-state index is 0.131. The minimum Gasteiger partial charge on any atom is -0.356 e. The SMILES string of the molecule is CCC(=O)NCCCCn1cc(C(C)C)cn1. The molecule has 0 saturated carbocycles. The summed E-state index contributed by atoms with van der Waals surface area (Å²) in [6, 6.07) is 0. The van der Waals surface area contributed by atoms with Crippen molar-refractivity contribution in [2.24, 2.45) is 0 Å². The molecule has 1 heterocycles. The quantitative estimate of drug-likeness (QED) is 0.740. The Labute approximate surface area is 103 Å². The summed E-state index contributed by atoms with van der Waals surface area (Å²) in [4.78, 5) is 11.0. The monoisotopic (exact) mass is 237 g/mol. The largest absolute Gasteiger partial charge is 0.356 e. The highest BCUT2D eigenvalue weighted by atomic mass is 16.1. The number of unbranched alkanes of at least 4 members (excludes halogenated alkanes) is 1. The molecule has 0 fully saturated rings. The fourth-order valence-corrected chi connectivity index (χ4v) is 1.55. The number of hydrogen-bond acceptors (Lipinski definition) is 2. The maximum absolute atomic E-state index is 11.0. The van der Waals surface area contributed by atoms with E-state index in [0.29, 0.717) is 12.3 Å². The Balaban J connectivity index is 2.15. The zero-order valence-electron chi connectivity index (χ0n) is 11.1. The number of amides is 1. The summed E-state index contributed by atoms with van der Waals surface area (Å²) in [6.07, 6.45) is 6.65. The van der Waals surface area contributed by atoms with Crippen LogP contribution in [-0.2, 0) is 11.3 Å². The summed E-state index contributed by atoms with van der Waals surface area (Å²) in [5.74, 6) is 0.666. The van der Waals surface area contributed by atoms with Crippen molar-refractivity contribution in [2.75, 3.05) is 6.54 Å². The van der Waals surface area contributed by atoms with Crippen LogP contribution in [0.4, 0.5) is 0 Å². The van der Waals surface area contributed by atoms with Crippen molar-refractivity contribution in [3.8, 4) is 0 Å². The Morgan fingerprint density at radius 3 is 2.82 bits per heavy atom. The van der Waals surface area contributed by atoms with Gasteiger partial charge in [-0.3, -0.25) is 9.48 Å². The van der Waals surface area contributed by atoms with Gasteiger partial charge in [0.2, 0.25) is 5.91 Å². The molecule has 0 aliphatic carbocycles. The number of aromatic nitrogens is 2. The van der Waals surface area contributed by atoms with Gasteiger partial charge in [-0.1, -0.05) is 20.8 Å². The van der Waals surface area contributed by atoms with Crippen LogP contribution >= 0.6 is 0 Å². The van der Waals surface area contributed by atoms with Gasteiger partial charge in [0.1, 0.15) is 0 Å². The maximum atomic E-state index is 11.0. The Kier molecular flexibility index (Phi) is 5.73. The lowest BCUT2D eigenvalue weighted by Gasteiger charge is -2.04. The number of nitrogens with zero attached hydrogens (tertiary/aromatic N) is 2. The van der Waals surface area contributed by atoms with Gasteiger partial charge < -0.3 is 5.32 Å². The van der Waals surface area contributed by atoms with E-state index in [0.717, 1.165) is 25.9 Å². The molecule has 1 aromatic rings. The van der Waals surface area contributed by atoms with Crippen molar-refractivity contribution in [3.05, 3.63) is 18.0 Å². The molecule has 0 bridgehead atoms. The molecule has 0 radical (unpaired) electrons. The van der Waals surface area contributed by atoms with Crippen molar-refractivity contribution in [1.29, 1.82) is 0 Å². The van der Waals surface area contributed by atoms with Crippen LogP contribution in [-0.4, -0.2) is 22.2 Å². The zero-order valence-corrected chi connectivity index (χ0v) is 11.1. The van der Waals surface area contributed by atoms with Crippen LogP contribution in [0.1, 0.15) is 51.5 Å². The molecular formula is C13H23N3O. The first-order valence-corrected chi connectivity index (χ1v) is 6.42. The molecule has 0 aromatic carbocycles. The van der Waals surface area contributed by atoms with E-state index in [1.54, 1.807) is 0 Å². The third kappa shape index (κ3) is 5.02. The van der Waals surface area contributed by atoms with E-state index in [2.05, 4.69) is 30.5 Å². The molecule has 0 atom stereocenters. The summed E-state index contributed by atoms with van der Waals surface area (Å²) in [5, 5.41) is 7.19. The second kappa shape index (κ2) is 7.09. The molecule has 0 spiro atoms. The topological polar surface area (TPSA) is 46.9 Å². The van der Waals surface area contributed by atoms with Crippen molar-refractivity contribution < 1.29 is 4.79 Å². The second-order valence-corrected chi connectivity index (χ2v) is 4.60. The fraction of sp³-hybridized carbons (Fsp3) is 0.692. The molecule has 4 heteroatoms. The molecule has 1 rings (SSSR count). The summed E-state index contributed by atoms with van der Waals surface area (Å²) < 4.78 is 1.98. The predicted molar refractivity (Wildman–Crippen MR) is 68.9 cm³/mol. The molecule has 1 N–H and O–H groups in total. The van der Waals surface area contributed by atoms with Crippen LogP contribution in [0.15, 0.2) is 12.4 Å². The second-order valence-electron chi connectivity index (χ2n) is 4.60. The van der Waals surface area contributed by atoms with Gasteiger partial charge in [0.05, 0.1) is 6.20 Å². The molecule has 0 unspecified atom stereocenters. The van der Waals surface area contributed by atoms with E-state index in [-0.39, 0.29) is 5.91 Å². The fourth-order valence-electron chi connectivity index (χ4n) is 1.55. The molecule has 0 aliphatic heterocycles. The van der Waals surface area contributed by atoms with Crippen molar-refractivity contribution in [3.63, 3.8) is 0 Å². The van der Waals surface area contributed by atoms with Gasteiger partial charge in [-0.15, -0.1) is 0 Å².